The minimum atomic E-state index is -3.35. The van der Waals surface area contributed by atoms with E-state index < -0.39 is 10.0 Å². The molecular formula is C15H24N2O2S. The van der Waals surface area contributed by atoms with Crippen LogP contribution in [-0.2, 0) is 10.0 Å². The molecule has 1 atom stereocenters. The summed E-state index contributed by atoms with van der Waals surface area (Å²) in [6, 6.07) is 7.42. The summed E-state index contributed by atoms with van der Waals surface area (Å²) in [5, 5.41) is 3.55. The molecule has 0 aliphatic heterocycles. The monoisotopic (exact) mass is 296 g/mol. The van der Waals surface area contributed by atoms with Gasteiger partial charge in [-0.25, -0.2) is 13.1 Å². The van der Waals surface area contributed by atoms with Gasteiger partial charge in [0.15, 0.2) is 0 Å². The number of hydrogen-bond donors (Lipinski definition) is 2. The summed E-state index contributed by atoms with van der Waals surface area (Å²) in [6.45, 7) is 4.59. The van der Waals surface area contributed by atoms with Crippen molar-refractivity contribution in [3.05, 3.63) is 24.3 Å². The van der Waals surface area contributed by atoms with Crippen molar-refractivity contribution < 1.29 is 8.42 Å². The van der Waals surface area contributed by atoms with Crippen LogP contribution in [0.15, 0.2) is 29.2 Å². The van der Waals surface area contributed by atoms with Gasteiger partial charge < -0.3 is 5.32 Å². The van der Waals surface area contributed by atoms with Crippen LogP contribution in [0, 0.1) is 5.41 Å². The fourth-order valence-electron chi connectivity index (χ4n) is 2.81. The van der Waals surface area contributed by atoms with Gasteiger partial charge >= 0.3 is 0 Å². The quantitative estimate of drug-likeness (QED) is 0.898. The molecule has 1 aliphatic carbocycles. The predicted octanol–water partition coefficient (Wildman–Crippen LogP) is 2.98. The summed E-state index contributed by atoms with van der Waals surface area (Å²) in [6.07, 6.45) is 4.96. The molecule has 20 heavy (non-hydrogen) atoms. The third kappa shape index (κ3) is 3.33. The summed E-state index contributed by atoms with van der Waals surface area (Å²) < 4.78 is 25.7. The van der Waals surface area contributed by atoms with Crippen molar-refractivity contribution in [3.63, 3.8) is 0 Å². The lowest BCUT2D eigenvalue weighted by Crippen LogP contribution is -2.38. The highest BCUT2D eigenvalue weighted by molar-refractivity contribution is 7.89. The van der Waals surface area contributed by atoms with Crippen molar-refractivity contribution in [3.8, 4) is 0 Å². The van der Waals surface area contributed by atoms with E-state index in [1.54, 1.807) is 12.1 Å². The molecule has 1 aliphatic rings. The maximum absolute atomic E-state index is 11.7. The van der Waals surface area contributed by atoms with Crippen LogP contribution in [-0.4, -0.2) is 21.5 Å². The molecule has 5 heteroatoms. The van der Waals surface area contributed by atoms with Gasteiger partial charge in [-0.3, -0.25) is 0 Å². The van der Waals surface area contributed by atoms with Gasteiger partial charge in [-0.05, 0) is 49.6 Å². The average Bonchev–Trinajstić information content (AvgIpc) is 2.42. The SMILES string of the molecule is CNS(=O)(=O)c1ccc(NC2CCCCC2(C)C)cc1. The van der Waals surface area contributed by atoms with Gasteiger partial charge in [0.05, 0.1) is 4.90 Å². The lowest BCUT2D eigenvalue weighted by molar-refractivity contribution is 0.217. The molecule has 0 saturated heterocycles. The van der Waals surface area contributed by atoms with E-state index in [0.717, 1.165) is 5.69 Å². The van der Waals surface area contributed by atoms with E-state index in [9.17, 15) is 8.42 Å². The average molecular weight is 296 g/mol. The predicted molar refractivity (Wildman–Crippen MR) is 82.3 cm³/mol. The van der Waals surface area contributed by atoms with Crippen LogP contribution < -0.4 is 10.0 Å². The van der Waals surface area contributed by atoms with Crippen molar-refractivity contribution in [1.82, 2.24) is 4.72 Å². The van der Waals surface area contributed by atoms with E-state index in [1.807, 2.05) is 12.1 Å². The number of rotatable bonds is 4. The van der Waals surface area contributed by atoms with Crippen molar-refractivity contribution in [2.75, 3.05) is 12.4 Å². The zero-order chi connectivity index (χ0) is 14.8. The Hall–Kier alpha value is -1.07. The highest BCUT2D eigenvalue weighted by Gasteiger charge is 2.31. The summed E-state index contributed by atoms with van der Waals surface area (Å²) in [7, 11) is -1.93. The largest absolute Gasteiger partial charge is 0.382 e. The van der Waals surface area contributed by atoms with Crippen LogP contribution in [0.25, 0.3) is 0 Å². The minimum absolute atomic E-state index is 0.286. The fourth-order valence-corrected chi connectivity index (χ4v) is 3.54. The number of sulfonamides is 1. The molecule has 0 spiro atoms. The van der Waals surface area contributed by atoms with Gasteiger partial charge in [0, 0.05) is 11.7 Å². The fraction of sp³-hybridized carbons (Fsp3) is 0.600. The van der Waals surface area contributed by atoms with Crippen LogP contribution in [0.4, 0.5) is 5.69 Å². The summed E-state index contributed by atoms with van der Waals surface area (Å²) in [5.41, 5.74) is 1.27. The van der Waals surface area contributed by atoms with Gasteiger partial charge in [-0.2, -0.15) is 0 Å². The van der Waals surface area contributed by atoms with Crippen molar-refractivity contribution in [2.24, 2.45) is 5.41 Å². The topological polar surface area (TPSA) is 58.2 Å². The molecule has 1 aromatic carbocycles. The summed E-state index contributed by atoms with van der Waals surface area (Å²) in [5.74, 6) is 0. The second kappa shape index (κ2) is 5.74. The lowest BCUT2D eigenvalue weighted by Gasteiger charge is -2.39. The molecule has 112 valence electrons. The summed E-state index contributed by atoms with van der Waals surface area (Å²) >= 11 is 0. The Morgan fingerprint density at radius 2 is 1.80 bits per heavy atom. The van der Waals surface area contributed by atoms with Gasteiger partial charge in [0.25, 0.3) is 0 Å². The molecule has 4 nitrogen and oxygen atoms in total. The van der Waals surface area contributed by atoms with E-state index >= 15 is 0 Å². The Kier molecular flexibility index (Phi) is 4.39. The van der Waals surface area contributed by atoms with Gasteiger partial charge in [0.1, 0.15) is 0 Å². The van der Waals surface area contributed by atoms with Crippen molar-refractivity contribution >= 4 is 15.7 Å². The molecule has 1 fully saturated rings. The second-order valence-corrected chi connectivity index (χ2v) is 8.05. The highest BCUT2D eigenvalue weighted by Crippen LogP contribution is 2.37. The van der Waals surface area contributed by atoms with Crippen LogP contribution in [0.3, 0.4) is 0 Å². The molecule has 0 aromatic heterocycles. The molecule has 2 N–H and O–H groups in total. The first-order chi connectivity index (χ1) is 9.35. The van der Waals surface area contributed by atoms with E-state index in [1.165, 1.54) is 32.7 Å². The third-order valence-electron chi connectivity index (χ3n) is 4.28. The van der Waals surface area contributed by atoms with Gasteiger partial charge in [-0.15, -0.1) is 0 Å². The Balaban J connectivity index is 2.11. The first-order valence-electron chi connectivity index (χ1n) is 7.15. The Labute approximate surface area is 122 Å². The molecule has 1 aromatic rings. The zero-order valence-electron chi connectivity index (χ0n) is 12.4. The Morgan fingerprint density at radius 3 is 2.35 bits per heavy atom. The van der Waals surface area contributed by atoms with Crippen molar-refractivity contribution in [1.29, 1.82) is 0 Å². The van der Waals surface area contributed by atoms with Gasteiger partial charge in [0.2, 0.25) is 10.0 Å². The number of benzene rings is 1. The normalized spacial score (nSPS) is 22.4. The maximum Gasteiger partial charge on any atom is 0.240 e. The molecule has 1 saturated carbocycles. The smallest absolute Gasteiger partial charge is 0.240 e. The maximum atomic E-state index is 11.7. The summed E-state index contributed by atoms with van der Waals surface area (Å²) in [4.78, 5) is 0.299. The molecule has 0 radical (unpaired) electrons. The third-order valence-corrected chi connectivity index (χ3v) is 5.71. The van der Waals surface area contributed by atoms with E-state index in [0.29, 0.717) is 10.9 Å². The van der Waals surface area contributed by atoms with Crippen LogP contribution in [0.1, 0.15) is 39.5 Å². The minimum Gasteiger partial charge on any atom is -0.382 e. The standard InChI is InChI=1S/C15H24N2O2S/c1-15(2)11-5-4-6-14(15)17-12-7-9-13(10-8-12)20(18,19)16-3/h7-10,14,16-17H,4-6,11H2,1-3H3. The first-order valence-corrected chi connectivity index (χ1v) is 8.64. The highest BCUT2D eigenvalue weighted by atomic mass is 32.2. The van der Waals surface area contributed by atoms with E-state index in [-0.39, 0.29) is 5.41 Å². The second-order valence-electron chi connectivity index (χ2n) is 6.16. The van der Waals surface area contributed by atoms with E-state index in [4.69, 9.17) is 0 Å². The zero-order valence-corrected chi connectivity index (χ0v) is 13.3. The van der Waals surface area contributed by atoms with Crippen LogP contribution in [0.5, 0.6) is 0 Å². The Morgan fingerprint density at radius 1 is 1.15 bits per heavy atom. The molecule has 0 heterocycles. The molecule has 2 rings (SSSR count). The Bertz CT molecular complexity index is 550. The van der Waals surface area contributed by atoms with Gasteiger partial charge in [-0.1, -0.05) is 26.7 Å². The molecule has 0 bridgehead atoms. The van der Waals surface area contributed by atoms with E-state index in [2.05, 4.69) is 23.9 Å². The molecule has 1 unspecified atom stereocenters. The number of hydrogen-bond acceptors (Lipinski definition) is 3. The molecular weight excluding hydrogens is 272 g/mol. The lowest BCUT2D eigenvalue weighted by atomic mass is 9.73. The number of nitrogens with one attached hydrogen (secondary N) is 2. The first kappa shape index (κ1) is 15.3. The number of anilines is 1. The molecule has 0 amide bonds. The van der Waals surface area contributed by atoms with Crippen LogP contribution >= 0.6 is 0 Å². The van der Waals surface area contributed by atoms with Crippen LogP contribution in [0.2, 0.25) is 0 Å². The van der Waals surface area contributed by atoms with Crippen molar-refractivity contribution in [2.45, 2.75) is 50.5 Å².